The number of hydrogen-bond acceptors (Lipinski definition) is 3. The van der Waals surface area contributed by atoms with Gasteiger partial charge in [-0.3, -0.25) is 10.1 Å². The molecule has 0 saturated heterocycles. The standard InChI is InChI=1S/C21H39NO3/c1-4-6-7-8-12-15-18-21(22(23)24)19-16-13-10-9-11-14-17-20(3)25-5-2/h19H,3-18H2,1-2H3/b21-19+. The Hall–Kier alpha value is -1.32. The molecule has 0 aromatic rings. The molecule has 0 heterocycles. The summed E-state index contributed by atoms with van der Waals surface area (Å²) < 4.78 is 5.33. The Morgan fingerprint density at radius 1 is 0.920 bits per heavy atom. The highest BCUT2D eigenvalue weighted by molar-refractivity contribution is 4.91. The normalized spacial score (nSPS) is 11.5. The van der Waals surface area contributed by atoms with Crippen LogP contribution in [0, 0.1) is 10.1 Å². The van der Waals surface area contributed by atoms with Gasteiger partial charge in [0.05, 0.1) is 17.3 Å². The highest BCUT2D eigenvalue weighted by Crippen LogP contribution is 2.15. The highest BCUT2D eigenvalue weighted by Gasteiger charge is 2.09. The average molecular weight is 354 g/mol. The van der Waals surface area contributed by atoms with Gasteiger partial charge in [-0.25, -0.2) is 0 Å². The van der Waals surface area contributed by atoms with Crippen molar-refractivity contribution in [2.45, 2.75) is 104 Å². The summed E-state index contributed by atoms with van der Waals surface area (Å²) in [6.07, 6.45) is 16.9. The van der Waals surface area contributed by atoms with E-state index in [-0.39, 0.29) is 4.92 Å². The monoisotopic (exact) mass is 353 g/mol. The topological polar surface area (TPSA) is 52.4 Å². The van der Waals surface area contributed by atoms with Gasteiger partial charge in [0.25, 0.3) is 0 Å². The lowest BCUT2D eigenvalue weighted by Gasteiger charge is -2.06. The molecule has 0 aliphatic heterocycles. The molecule has 4 nitrogen and oxygen atoms in total. The van der Waals surface area contributed by atoms with Crippen LogP contribution in [0.1, 0.15) is 104 Å². The number of nitrogens with zero attached hydrogens (tertiary/aromatic N) is 1. The molecule has 0 N–H and O–H groups in total. The fourth-order valence-electron chi connectivity index (χ4n) is 2.90. The molecule has 25 heavy (non-hydrogen) atoms. The summed E-state index contributed by atoms with van der Waals surface area (Å²) in [5.74, 6) is 0.885. The van der Waals surface area contributed by atoms with Crippen LogP contribution in [-0.2, 0) is 4.74 Å². The maximum Gasteiger partial charge on any atom is 0.242 e. The van der Waals surface area contributed by atoms with E-state index in [1.54, 1.807) is 0 Å². The Labute approximate surface area is 154 Å². The molecule has 0 amide bonds. The summed E-state index contributed by atoms with van der Waals surface area (Å²) in [5.41, 5.74) is 0.420. The second-order valence-corrected chi connectivity index (χ2v) is 6.75. The molecule has 0 atom stereocenters. The fraction of sp³-hybridized carbons (Fsp3) is 0.810. The van der Waals surface area contributed by atoms with Crippen LogP contribution in [-0.4, -0.2) is 11.5 Å². The zero-order valence-corrected chi connectivity index (χ0v) is 16.6. The summed E-state index contributed by atoms with van der Waals surface area (Å²) in [7, 11) is 0. The van der Waals surface area contributed by atoms with Crippen molar-refractivity contribution in [2.24, 2.45) is 0 Å². The summed E-state index contributed by atoms with van der Waals surface area (Å²) in [6.45, 7) is 8.75. The third-order valence-corrected chi connectivity index (χ3v) is 4.41. The molecule has 0 spiro atoms. The molecule has 0 unspecified atom stereocenters. The van der Waals surface area contributed by atoms with Gasteiger partial charge in [0.2, 0.25) is 5.70 Å². The number of allylic oxidation sites excluding steroid dienone is 3. The predicted molar refractivity (Wildman–Crippen MR) is 106 cm³/mol. The van der Waals surface area contributed by atoms with Crippen molar-refractivity contribution < 1.29 is 9.66 Å². The van der Waals surface area contributed by atoms with Crippen molar-refractivity contribution in [3.63, 3.8) is 0 Å². The summed E-state index contributed by atoms with van der Waals surface area (Å²) in [6, 6.07) is 0. The lowest BCUT2D eigenvalue weighted by molar-refractivity contribution is -0.428. The minimum Gasteiger partial charge on any atom is -0.499 e. The first-order valence-corrected chi connectivity index (χ1v) is 10.3. The van der Waals surface area contributed by atoms with E-state index in [4.69, 9.17) is 4.74 Å². The largest absolute Gasteiger partial charge is 0.499 e. The second kappa shape index (κ2) is 17.5. The van der Waals surface area contributed by atoms with Gasteiger partial charge in [-0.2, -0.15) is 0 Å². The van der Waals surface area contributed by atoms with Crippen LogP contribution in [0.15, 0.2) is 24.1 Å². The van der Waals surface area contributed by atoms with Gasteiger partial charge in [0.1, 0.15) is 0 Å². The van der Waals surface area contributed by atoms with Crippen molar-refractivity contribution in [1.29, 1.82) is 0 Å². The van der Waals surface area contributed by atoms with Crippen LogP contribution in [0.2, 0.25) is 0 Å². The first kappa shape index (κ1) is 23.7. The highest BCUT2D eigenvalue weighted by atomic mass is 16.6. The van der Waals surface area contributed by atoms with Crippen LogP contribution >= 0.6 is 0 Å². The molecular weight excluding hydrogens is 314 g/mol. The van der Waals surface area contributed by atoms with E-state index < -0.39 is 0 Å². The van der Waals surface area contributed by atoms with Crippen LogP contribution in [0.4, 0.5) is 0 Å². The molecule has 0 aliphatic rings. The van der Waals surface area contributed by atoms with Crippen molar-refractivity contribution in [3.05, 3.63) is 34.2 Å². The second-order valence-electron chi connectivity index (χ2n) is 6.75. The van der Waals surface area contributed by atoms with Gasteiger partial charge in [-0.15, -0.1) is 0 Å². The molecule has 0 rings (SSSR count). The number of hydrogen-bond donors (Lipinski definition) is 0. The number of nitro groups is 1. The van der Waals surface area contributed by atoms with Crippen LogP contribution in [0.3, 0.4) is 0 Å². The van der Waals surface area contributed by atoms with E-state index in [0.717, 1.165) is 50.7 Å². The number of rotatable bonds is 18. The first-order chi connectivity index (χ1) is 12.1. The average Bonchev–Trinajstić information content (AvgIpc) is 2.58. The molecule has 0 radical (unpaired) electrons. The zero-order valence-electron chi connectivity index (χ0n) is 16.6. The molecule has 0 aliphatic carbocycles. The Morgan fingerprint density at radius 2 is 1.48 bits per heavy atom. The van der Waals surface area contributed by atoms with Crippen LogP contribution < -0.4 is 0 Å². The van der Waals surface area contributed by atoms with Crippen molar-refractivity contribution in [1.82, 2.24) is 0 Å². The molecule has 146 valence electrons. The van der Waals surface area contributed by atoms with Gasteiger partial charge < -0.3 is 4.74 Å². The summed E-state index contributed by atoms with van der Waals surface area (Å²) >= 11 is 0. The molecular formula is C21H39NO3. The summed E-state index contributed by atoms with van der Waals surface area (Å²) in [5, 5.41) is 11.1. The molecule has 4 heteroatoms. The molecule has 0 bridgehead atoms. The minimum atomic E-state index is -0.189. The number of ether oxygens (including phenoxy) is 1. The molecule has 0 aromatic carbocycles. The quantitative estimate of drug-likeness (QED) is 0.113. The van der Waals surface area contributed by atoms with Crippen LogP contribution in [0.25, 0.3) is 0 Å². The third-order valence-electron chi connectivity index (χ3n) is 4.41. The predicted octanol–water partition coefficient (Wildman–Crippen LogP) is 7.18. The van der Waals surface area contributed by atoms with Crippen LogP contribution in [0.5, 0.6) is 0 Å². The van der Waals surface area contributed by atoms with E-state index in [2.05, 4.69) is 13.5 Å². The Morgan fingerprint density at radius 3 is 2.08 bits per heavy atom. The SMILES string of the molecule is C=C(CCCCCCC/C=C(\CCCCCCCC)[N+](=O)[O-])OCC. The van der Waals surface area contributed by atoms with E-state index in [1.165, 1.54) is 38.5 Å². The van der Waals surface area contributed by atoms with E-state index in [1.807, 2.05) is 13.0 Å². The van der Waals surface area contributed by atoms with E-state index in [0.29, 0.717) is 18.7 Å². The maximum atomic E-state index is 11.1. The summed E-state index contributed by atoms with van der Waals surface area (Å²) in [4.78, 5) is 10.9. The number of unbranched alkanes of at least 4 members (excludes halogenated alkanes) is 10. The minimum absolute atomic E-state index is 0.189. The van der Waals surface area contributed by atoms with Crippen molar-refractivity contribution in [2.75, 3.05) is 6.61 Å². The Bertz CT molecular complexity index is 377. The van der Waals surface area contributed by atoms with Gasteiger partial charge in [-0.1, -0.05) is 64.9 Å². The third kappa shape index (κ3) is 15.9. The van der Waals surface area contributed by atoms with E-state index >= 15 is 0 Å². The van der Waals surface area contributed by atoms with Gasteiger partial charge in [0, 0.05) is 12.8 Å². The lowest BCUT2D eigenvalue weighted by Crippen LogP contribution is -1.99. The van der Waals surface area contributed by atoms with Crippen molar-refractivity contribution in [3.8, 4) is 0 Å². The van der Waals surface area contributed by atoms with Crippen molar-refractivity contribution >= 4 is 0 Å². The molecule has 0 aromatic heterocycles. The molecule has 0 saturated carbocycles. The van der Waals surface area contributed by atoms with Gasteiger partial charge >= 0.3 is 0 Å². The van der Waals surface area contributed by atoms with E-state index in [9.17, 15) is 10.1 Å². The first-order valence-electron chi connectivity index (χ1n) is 10.3. The Balaban J connectivity index is 3.69. The zero-order chi connectivity index (χ0) is 18.8. The van der Waals surface area contributed by atoms with Gasteiger partial charge in [-0.05, 0) is 38.7 Å². The fourth-order valence-corrected chi connectivity index (χ4v) is 2.90. The smallest absolute Gasteiger partial charge is 0.242 e. The van der Waals surface area contributed by atoms with Gasteiger partial charge in [0.15, 0.2) is 0 Å². The Kier molecular flexibility index (Phi) is 16.6. The maximum absolute atomic E-state index is 11.1. The lowest BCUT2D eigenvalue weighted by atomic mass is 10.1. The molecule has 0 fully saturated rings.